The molecule has 0 spiro atoms. The lowest BCUT2D eigenvalue weighted by atomic mass is 9.83. The SMILES string of the molecule is Cc1ccc(C(=O)C2CC3CCC(C2)N3C(=O)OC(C)(C)C)c(C)c1. The summed E-state index contributed by atoms with van der Waals surface area (Å²) in [5, 5.41) is 0. The number of amides is 1. The highest BCUT2D eigenvalue weighted by molar-refractivity contribution is 5.99. The van der Waals surface area contributed by atoms with Gasteiger partial charge < -0.3 is 9.64 Å². The second kappa shape index (κ2) is 6.47. The van der Waals surface area contributed by atoms with Crippen LogP contribution in [0.4, 0.5) is 4.79 Å². The van der Waals surface area contributed by atoms with Crippen molar-refractivity contribution in [3.8, 4) is 0 Å². The Kier molecular flexibility index (Phi) is 4.65. The van der Waals surface area contributed by atoms with E-state index in [1.807, 2.05) is 51.7 Å². The number of rotatable bonds is 2. The molecule has 0 saturated carbocycles. The van der Waals surface area contributed by atoms with Gasteiger partial charge in [0.05, 0.1) is 0 Å². The number of ketones is 1. The van der Waals surface area contributed by atoms with Crippen LogP contribution in [0.25, 0.3) is 0 Å². The third-order valence-corrected chi connectivity index (χ3v) is 5.36. The molecule has 1 aromatic carbocycles. The molecular formula is C21H29NO3. The Labute approximate surface area is 150 Å². The number of nitrogens with zero attached hydrogens (tertiary/aromatic N) is 1. The van der Waals surface area contributed by atoms with Crippen LogP contribution in [0.5, 0.6) is 0 Å². The minimum absolute atomic E-state index is 0.0117. The van der Waals surface area contributed by atoms with Crippen molar-refractivity contribution >= 4 is 11.9 Å². The molecule has 2 heterocycles. The van der Waals surface area contributed by atoms with Crippen LogP contribution < -0.4 is 0 Å². The van der Waals surface area contributed by atoms with Crippen molar-refractivity contribution in [3.05, 3.63) is 34.9 Å². The average Bonchev–Trinajstić information content (AvgIpc) is 2.75. The molecule has 0 radical (unpaired) electrons. The number of fused-ring (bicyclic) bond motifs is 2. The average molecular weight is 343 g/mol. The minimum atomic E-state index is -0.484. The van der Waals surface area contributed by atoms with Gasteiger partial charge in [-0.3, -0.25) is 4.79 Å². The summed E-state index contributed by atoms with van der Waals surface area (Å²) in [5.41, 5.74) is 2.57. The van der Waals surface area contributed by atoms with Gasteiger partial charge in [-0.25, -0.2) is 4.79 Å². The number of aryl methyl sites for hydroxylation is 2. The highest BCUT2D eigenvalue weighted by atomic mass is 16.6. The lowest BCUT2D eigenvalue weighted by molar-refractivity contribution is 0.00253. The number of hydrogen-bond donors (Lipinski definition) is 0. The molecule has 2 unspecified atom stereocenters. The highest BCUT2D eigenvalue weighted by Crippen LogP contribution is 2.40. The van der Waals surface area contributed by atoms with Crippen LogP contribution >= 0.6 is 0 Å². The predicted octanol–water partition coefficient (Wildman–Crippen LogP) is 4.66. The number of hydrogen-bond acceptors (Lipinski definition) is 3. The third kappa shape index (κ3) is 3.73. The molecule has 1 aromatic rings. The zero-order valence-corrected chi connectivity index (χ0v) is 16.0. The molecule has 0 N–H and O–H groups in total. The molecule has 4 nitrogen and oxygen atoms in total. The van der Waals surface area contributed by atoms with E-state index in [1.54, 1.807) is 0 Å². The first-order valence-electron chi connectivity index (χ1n) is 9.28. The largest absolute Gasteiger partial charge is 0.444 e. The van der Waals surface area contributed by atoms with Crippen molar-refractivity contribution in [2.45, 2.75) is 78.0 Å². The summed E-state index contributed by atoms with van der Waals surface area (Å²) >= 11 is 0. The van der Waals surface area contributed by atoms with Gasteiger partial charge in [-0.15, -0.1) is 0 Å². The second-order valence-corrected chi connectivity index (χ2v) is 8.62. The zero-order valence-electron chi connectivity index (χ0n) is 16.0. The summed E-state index contributed by atoms with van der Waals surface area (Å²) in [6.45, 7) is 9.72. The molecule has 4 heteroatoms. The van der Waals surface area contributed by atoms with Crippen LogP contribution in [0.3, 0.4) is 0 Å². The molecule has 25 heavy (non-hydrogen) atoms. The van der Waals surface area contributed by atoms with Crippen LogP contribution in [0, 0.1) is 19.8 Å². The van der Waals surface area contributed by atoms with Gasteiger partial charge in [0.2, 0.25) is 0 Å². The lowest BCUT2D eigenvalue weighted by Gasteiger charge is -2.39. The molecule has 2 atom stereocenters. The highest BCUT2D eigenvalue weighted by Gasteiger charge is 2.46. The van der Waals surface area contributed by atoms with E-state index in [2.05, 4.69) is 6.07 Å². The molecule has 0 aliphatic carbocycles. The fourth-order valence-corrected chi connectivity index (χ4v) is 4.31. The summed E-state index contributed by atoms with van der Waals surface area (Å²) in [5.74, 6) is 0.246. The maximum Gasteiger partial charge on any atom is 0.410 e. The number of carbonyl (C=O) groups is 2. The number of Topliss-reactive ketones (excluding diaryl/α,β-unsaturated/α-hetero) is 1. The Hall–Kier alpha value is -1.84. The third-order valence-electron chi connectivity index (χ3n) is 5.36. The minimum Gasteiger partial charge on any atom is -0.444 e. The van der Waals surface area contributed by atoms with Crippen LogP contribution in [-0.2, 0) is 4.74 Å². The molecule has 136 valence electrons. The molecule has 3 rings (SSSR count). The second-order valence-electron chi connectivity index (χ2n) is 8.62. The van der Waals surface area contributed by atoms with E-state index >= 15 is 0 Å². The van der Waals surface area contributed by atoms with Gasteiger partial charge in [-0.05, 0) is 65.9 Å². The van der Waals surface area contributed by atoms with E-state index in [-0.39, 0.29) is 29.9 Å². The molecule has 2 bridgehead atoms. The van der Waals surface area contributed by atoms with Gasteiger partial charge in [0.1, 0.15) is 5.60 Å². The van der Waals surface area contributed by atoms with Gasteiger partial charge in [-0.2, -0.15) is 0 Å². The van der Waals surface area contributed by atoms with E-state index in [1.165, 1.54) is 5.56 Å². The summed E-state index contributed by atoms with van der Waals surface area (Å²) in [6, 6.07) is 6.29. The molecule has 0 aromatic heterocycles. The summed E-state index contributed by atoms with van der Waals surface area (Å²) in [4.78, 5) is 27.5. The van der Waals surface area contributed by atoms with Crippen molar-refractivity contribution in [2.24, 2.45) is 5.92 Å². The molecule has 2 fully saturated rings. The van der Waals surface area contributed by atoms with Gasteiger partial charge in [0, 0.05) is 23.6 Å². The van der Waals surface area contributed by atoms with Gasteiger partial charge >= 0.3 is 6.09 Å². The van der Waals surface area contributed by atoms with Crippen LogP contribution in [0.15, 0.2) is 18.2 Å². The maximum absolute atomic E-state index is 13.0. The van der Waals surface area contributed by atoms with Crippen molar-refractivity contribution < 1.29 is 14.3 Å². The standard InChI is InChI=1S/C21H29NO3/c1-13-6-9-18(14(2)10-13)19(23)15-11-16-7-8-17(12-15)22(16)20(24)25-21(3,4)5/h6,9-10,15-17H,7-8,11-12H2,1-5H3. The van der Waals surface area contributed by atoms with Crippen LogP contribution in [0.1, 0.15) is 67.9 Å². The monoisotopic (exact) mass is 343 g/mol. The van der Waals surface area contributed by atoms with E-state index < -0.39 is 5.60 Å². The van der Waals surface area contributed by atoms with Crippen molar-refractivity contribution in [3.63, 3.8) is 0 Å². The molecule has 1 amide bonds. The van der Waals surface area contributed by atoms with E-state index in [9.17, 15) is 9.59 Å². The Morgan fingerprint density at radius 1 is 1.08 bits per heavy atom. The van der Waals surface area contributed by atoms with E-state index in [4.69, 9.17) is 4.74 Å². The molecule has 2 aliphatic rings. The van der Waals surface area contributed by atoms with Gasteiger partial charge in [-0.1, -0.05) is 23.8 Å². The first kappa shape index (κ1) is 18.0. The first-order chi connectivity index (χ1) is 11.7. The van der Waals surface area contributed by atoms with Crippen LogP contribution in [-0.4, -0.2) is 34.5 Å². The number of benzene rings is 1. The Morgan fingerprint density at radius 2 is 1.68 bits per heavy atom. The fraction of sp³-hybridized carbons (Fsp3) is 0.619. The Balaban J connectivity index is 1.73. The van der Waals surface area contributed by atoms with Crippen molar-refractivity contribution in [1.82, 2.24) is 4.90 Å². The summed E-state index contributed by atoms with van der Waals surface area (Å²) < 4.78 is 5.57. The van der Waals surface area contributed by atoms with Crippen molar-refractivity contribution in [2.75, 3.05) is 0 Å². The van der Waals surface area contributed by atoms with E-state index in [0.29, 0.717) is 0 Å². The van der Waals surface area contributed by atoms with Gasteiger partial charge in [0.15, 0.2) is 5.78 Å². The summed E-state index contributed by atoms with van der Waals surface area (Å²) in [6.07, 6.45) is 3.22. The molecular weight excluding hydrogens is 314 g/mol. The Morgan fingerprint density at radius 3 is 2.20 bits per heavy atom. The number of carbonyl (C=O) groups excluding carboxylic acids is 2. The fourth-order valence-electron chi connectivity index (χ4n) is 4.31. The topological polar surface area (TPSA) is 46.6 Å². The number of ether oxygens (including phenoxy) is 1. The predicted molar refractivity (Wildman–Crippen MR) is 97.9 cm³/mol. The quantitative estimate of drug-likeness (QED) is 0.734. The van der Waals surface area contributed by atoms with Crippen molar-refractivity contribution in [1.29, 1.82) is 0 Å². The maximum atomic E-state index is 13.0. The molecule has 2 saturated heterocycles. The van der Waals surface area contributed by atoms with Gasteiger partial charge in [0.25, 0.3) is 0 Å². The number of piperidine rings is 1. The summed E-state index contributed by atoms with van der Waals surface area (Å²) in [7, 11) is 0. The molecule has 2 aliphatic heterocycles. The lowest BCUT2D eigenvalue weighted by Crippen LogP contribution is -2.49. The smallest absolute Gasteiger partial charge is 0.410 e. The zero-order chi connectivity index (χ0) is 18.4. The normalized spacial score (nSPS) is 25.8. The first-order valence-corrected chi connectivity index (χ1v) is 9.28. The van der Waals surface area contributed by atoms with Crippen LogP contribution in [0.2, 0.25) is 0 Å². The van der Waals surface area contributed by atoms with E-state index in [0.717, 1.165) is 36.8 Å². The Bertz CT molecular complexity index is 675.